The van der Waals surface area contributed by atoms with Gasteiger partial charge in [0.25, 0.3) is 0 Å². The normalized spacial score (nSPS) is 19.4. The van der Waals surface area contributed by atoms with Crippen LogP contribution in [0.15, 0.2) is 28.7 Å². The Hall–Kier alpha value is -1.40. The predicted molar refractivity (Wildman–Crippen MR) is 85.5 cm³/mol. The maximum absolute atomic E-state index is 12.2. The van der Waals surface area contributed by atoms with Crippen LogP contribution in [-0.2, 0) is 14.3 Å². The fourth-order valence-corrected chi connectivity index (χ4v) is 2.81. The van der Waals surface area contributed by atoms with Crippen LogP contribution in [0.1, 0.15) is 43.7 Å². The molecule has 2 rings (SSSR count). The second-order valence-corrected chi connectivity index (χ2v) is 6.38. The third-order valence-corrected chi connectivity index (χ3v) is 4.20. The summed E-state index contributed by atoms with van der Waals surface area (Å²) >= 11 is 3.34. The van der Waals surface area contributed by atoms with E-state index in [1.54, 1.807) is 0 Å². The smallest absolute Gasteiger partial charge is 0.305 e. The summed E-state index contributed by atoms with van der Waals surface area (Å²) < 4.78 is 6.46. The van der Waals surface area contributed by atoms with Crippen molar-refractivity contribution in [3.05, 3.63) is 34.3 Å². The SMILES string of the molecule is O=C(O)CC(NC(=O)CC1CCCCO1)c1ccc(Br)cc1. The summed E-state index contributed by atoms with van der Waals surface area (Å²) in [7, 11) is 0. The van der Waals surface area contributed by atoms with Crippen LogP contribution in [0.3, 0.4) is 0 Å². The van der Waals surface area contributed by atoms with Crippen LogP contribution in [0.25, 0.3) is 0 Å². The maximum Gasteiger partial charge on any atom is 0.305 e. The fourth-order valence-electron chi connectivity index (χ4n) is 2.55. The van der Waals surface area contributed by atoms with Gasteiger partial charge in [-0.15, -0.1) is 0 Å². The molecule has 2 unspecified atom stereocenters. The fraction of sp³-hybridized carbons (Fsp3) is 0.500. The van der Waals surface area contributed by atoms with Crippen LogP contribution in [0, 0.1) is 0 Å². The summed E-state index contributed by atoms with van der Waals surface area (Å²) in [6.45, 7) is 0.698. The summed E-state index contributed by atoms with van der Waals surface area (Å²) in [4.78, 5) is 23.2. The molecule has 2 atom stereocenters. The summed E-state index contributed by atoms with van der Waals surface area (Å²) in [5.41, 5.74) is 0.781. The van der Waals surface area contributed by atoms with Crippen LogP contribution < -0.4 is 5.32 Å². The lowest BCUT2D eigenvalue weighted by atomic mass is 10.0. The summed E-state index contributed by atoms with van der Waals surface area (Å²) in [6, 6.07) is 6.77. The zero-order valence-corrected chi connectivity index (χ0v) is 13.8. The van der Waals surface area contributed by atoms with E-state index in [2.05, 4.69) is 21.2 Å². The van der Waals surface area contributed by atoms with Gasteiger partial charge in [0.1, 0.15) is 0 Å². The minimum Gasteiger partial charge on any atom is -0.481 e. The number of aliphatic carboxylic acids is 1. The van der Waals surface area contributed by atoms with Gasteiger partial charge in [0.15, 0.2) is 0 Å². The highest BCUT2D eigenvalue weighted by atomic mass is 79.9. The molecule has 1 aliphatic heterocycles. The Morgan fingerprint density at radius 2 is 2.05 bits per heavy atom. The Labute approximate surface area is 138 Å². The number of halogens is 1. The topological polar surface area (TPSA) is 75.6 Å². The van der Waals surface area contributed by atoms with Gasteiger partial charge in [-0.25, -0.2) is 0 Å². The van der Waals surface area contributed by atoms with E-state index in [-0.39, 0.29) is 24.9 Å². The van der Waals surface area contributed by atoms with Crippen LogP contribution in [0.4, 0.5) is 0 Å². The number of benzene rings is 1. The lowest BCUT2D eigenvalue weighted by Gasteiger charge is -2.23. The first-order valence-corrected chi connectivity index (χ1v) is 8.22. The number of amides is 1. The second kappa shape index (κ2) is 8.29. The zero-order valence-electron chi connectivity index (χ0n) is 12.3. The average Bonchev–Trinajstić information content (AvgIpc) is 2.48. The molecule has 1 saturated heterocycles. The van der Waals surface area contributed by atoms with Crippen molar-refractivity contribution in [1.29, 1.82) is 0 Å². The average molecular weight is 370 g/mol. The van der Waals surface area contributed by atoms with Crippen molar-refractivity contribution in [2.24, 2.45) is 0 Å². The van der Waals surface area contributed by atoms with Gasteiger partial charge in [-0.05, 0) is 37.0 Å². The van der Waals surface area contributed by atoms with Crippen molar-refractivity contribution >= 4 is 27.8 Å². The molecular formula is C16H20BrNO4. The molecule has 1 aromatic carbocycles. The maximum atomic E-state index is 12.2. The van der Waals surface area contributed by atoms with E-state index in [0.29, 0.717) is 6.61 Å². The van der Waals surface area contributed by atoms with Gasteiger partial charge in [0.2, 0.25) is 5.91 Å². The van der Waals surface area contributed by atoms with E-state index in [1.165, 1.54) is 0 Å². The molecule has 0 bridgehead atoms. The molecule has 1 amide bonds. The quantitative estimate of drug-likeness (QED) is 0.807. The molecule has 1 aromatic rings. The van der Waals surface area contributed by atoms with E-state index in [4.69, 9.17) is 9.84 Å². The number of rotatable bonds is 6. The first-order chi connectivity index (χ1) is 10.5. The molecule has 1 aliphatic rings. The molecule has 0 aromatic heterocycles. The van der Waals surface area contributed by atoms with Gasteiger partial charge in [-0.3, -0.25) is 9.59 Å². The van der Waals surface area contributed by atoms with Crippen molar-refractivity contribution in [2.75, 3.05) is 6.61 Å². The van der Waals surface area contributed by atoms with Gasteiger partial charge < -0.3 is 15.2 Å². The van der Waals surface area contributed by atoms with Crippen molar-refractivity contribution in [1.82, 2.24) is 5.32 Å². The van der Waals surface area contributed by atoms with Crippen molar-refractivity contribution in [3.63, 3.8) is 0 Å². The molecule has 0 aliphatic carbocycles. The van der Waals surface area contributed by atoms with Gasteiger partial charge in [-0.1, -0.05) is 28.1 Å². The second-order valence-electron chi connectivity index (χ2n) is 5.46. The molecule has 6 heteroatoms. The van der Waals surface area contributed by atoms with Gasteiger partial charge >= 0.3 is 5.97 Å². The van der Waals surface area contributed by atoms with E-state index in [1.807, 2.05) is 24.3 Å². The highest BCUT2D eigenvalue weighted by Crippen LogP contribution is 2.21. The lowest BCUT2D eigenvalue weighted by Crippen LogP contribution is -2.34. The molecule has 22 heavy (non-hydrogen) atoms. The third kappa shape index (κ3) is 5.42. The predicted octanol–water partition coefficient (Wildman–Crippen LogP) is 3.04. The number of ether oxygens (including phenoxy) is 1. The Bertz CT molecular complexity index is 511. The molecule has 2 N–H and O–H groups in total. The van der Waals surface area contributed by atoms with E-state index >= 15 is 0 Å². The van der Waals surface area contributed by atoms with Crippen LogP contribution in [-0.4, -0.2) is 29.7 Å². The monoisotopic (exact) mass is 369 g/mol. The highest BCUT2D eigenvalue weighted by molar-refractivity contribution is 9.10. The first-order valence-electron chi connectivity index (χ1n) is 7.43. The van der Waals surface area contributed by atoms with E-state index in [0.717, 1.165) is 29.3 Å². The minimum atomic E-state index is -0.942. The number of carboxylic acid groups (broad SMARTS) is 1. The number of hydrogen-bond donors (Lipinski definition) is 2. The molecule has 0 spiro atoms. The molecule has 1 fully saturated rings. The van der Waals surface area contributed by atoms with Crippen LogP contribution >= 0.6 is 15.9 Å². The van der Waals surface area contributed by atoms with Crippen molar-refractivity contribution in [3.8, 4) is 0 Å². The van der Waals surface area contributed by atoms with Crippen LogP contribution in [0.5, 0.6) is 0 Å². The van der Waals surface area contributed by atoms with Crippen LogP contribution in [0.2, 0.25) is 0 Å². The minimum absolute atomic E-state index is 0.0517. The summed E-state index contributed by atoms with van der Waals surface area (Å²) in [5.74, 6) is -1.11. The van der Waals surface area contributed by atoms with E-state index in [9.17, 15) is 9.59 Å². The van der Waals surface area contributed by atoms with Gasteiger partial charge in [0, 0.05) is 11.1 Å². The number of nitrogens with one attached hydrogen (secondary N) is 1. The van der Waals surface area contributed by atoms with Crippen molar-refractivity contribution < 1.29 is 19.4 Å². The Morgan fingerprint density at radius 1 is 1.32 bits per heavy atom. The largest absolute Gasteiger partial charge is 0.481 e. The standard InChI is InChI=1S/C16H20BrNO4/c17-12-6-4-11(5-7-12)14(10-16(20)21)18-15(19)9-13-3-1-2-8-22-13/h4-7,13-14H,1-3,8-10H2,(H,18,19)(H,20,21). The Kier molecular flexibility index (Phi) is 6.39. The number of carbonyl (C=O) groups is 2. The summed E-state index contributed by atoms with van der Waals surface area (Å²) in [6.07, 6.45) is 3.09. The van der Waals surface area contributed by atoms with E-state index < -0.39 is 12.0 Å². The first kappa shape index (κ1) is 17.0. The Morgan fingerprint density at radius 3 is 2.64 bits per heavy atom. The van der Waals surface area contributed by atoms with Crippen molar-refractivity contribution in [2.45, 2.75) is 44.2 Å². The molecule has 1 heterocycles. The molecular weight excluding hydrogens is 350 g/mol. The molecule has 0 radical (unpaired) electrons. The third-order valence-electron chi connectivity index (χ3n) is 3.67. The van der Waals surface area contributed by atoms with Gasteiger partial charge in [-0.2, -0.15) is 0 Å². The number of hydrogen-bond acceptors (Lipinski definition) is 3. The molecule has 5 nitrogen and oxygen atoms in total. The Balaban J connectivity index is 1.97. The number of carboxylic acids is 1. The zero-order chi connectivity index (χ0) is 15.9. The highest BCUT2D eigenvalue weighted by Gasteiger charge is 2.22. The number of carbonyl (C=O) groups excluding carboxylic acids is 1. The molecule has 0 saturated carbocycles. The lowest BCUT2D eigenvalue weighted by molar-refractivity contribution is -0.137. The molecule has 120 valence electrons. The van der Waals surface area contributed by atoms with Gasteiger partial charge in [0.05, 0.1) is 25.0 Å². The summed E-state index contributed by atoms with van der Waals surface area (Å²) in [5, 5.41) is 11.9.